The van der Waals surface area contributed by atoms with Crippen LogP contribution in [0.3, 0.4) is 0 Å². The third-order valence-electron chi connectivity index (χ3n) is 6.18. The molecule has 3 rings (SSSR count). The summed E-state index contributed by atoms with van der Waals surface area (Å²) in [5.41, 5.74) is 3.45. The number of aliphatic hydroxyl groups is 1. The van der Waals surface area contributed by atoms with Crippen molar-refractivity contribution < 1.29 is 29.6 Å². The lowest BCUT2D eigenvalue weighted by molar-refractivity contribution is 0.331. The van der Waals surface area contributed by atoms with Crippen LogP contribution in [0.2, 0.25) is 0 Å². The molecule has 0 saturated carbocycles. The number of benzene rings is 2. The number of hydrogen-bond donors (Lipinski definition) is 4. The molecule has 0 saturated heterocycles. The number of fused-ring (bicyclic) bond motifs is 2. The molecule has 0 bridgehead atoms. The van der Waals surface area contributed by atoms with Gasteiger partial charge >= 0.3 is 0 Å². The van der Waals surface area contributed by atoms with Crippen molar-refractivity contribution >= 4 is 21.9 Å². The smallest absolute Gasteiger partial charge is 0.204 e. The Kier molecular flexibility index (Phi) is 8.48. The topological polar surface area (TPSA) is 120 Å². The molecule has 36 heavy (non-hydrogen) atoms. The Morgan fingerprint density at radius 3 is 2.19 bits per heavy atom. The van der Waals surface area contributed by atoms with E-state index in [4.69, 9.17) is 9.15 Å². The van der Waals surface area contributed by atoms with Crippen LogP contribution >= 0.6 is 0 Å². The largest absolute Gasteiger partial charge is 0.507 e. The molecule has 3 aromatic rings. The molecule has 0 atom stereocenters. The minimum atomic E-state index is -0.489. The second-order valence-corrected chi connectivity index (χ2v) is 9.30. The number of allylic oxidation sites excluding steroid dienone is 5. The Hall–Kier alpha value is -3.71. The zero-order valence-corrected chi connectivity index (χ0v) is 21.4. The summed E-state index contributed by atoms with van der Waals surface area (Å²) in [6, 6.07) is 2.43. The van der Waals surface area contributed by atoms with E-state index < -0.39 is 11.2 Å². The van der Waals surface area contributed by atoms with Crippen LogP contribution < -0.4 is 10.2 Å². The predicted octanol–water partition coefficient (Wildman–Crippen LogP) is 5.79. The molecular weight excluding hydrogens is 460 g/mol. The lowest BCUT2D eigenvalue weighted by Crippen LogP contribution is -2.08. The first-order valence-corrected chi connectivity index (χ1v) is 11.9. The van der Waals surface area contributed by atoms with Gasteiger partial charge in [-0.2, -0.15) is 0 Å². The van der Waals surface area contributed by atoms with Gasteiger partial charge < -0.3 is 29.6 Å². The quantitative estimate of drug-likeness (QED) is 0.220. The number of phenols is 3. The molecule has 0 aliphatic rings. The monoisotopic (exact) mass is 494 g/mol. The van der Waals surface area contributed by atoms with E-state index in [9.17, 15) is 25.2 Å². The number of ether oxygens (including phenoxy) is 1. The van der Waals surface area contributed by atoms with Crippen LogP contribution in [0, 0.1) is 0 Å². The number of aromatic hydroxyl groups is 3. The van der Waals surface area contributed by atoms with Crippen LogP contribution in [0.15, 0.2) is 56.3 Å². The minimum absolute atomic E-state index is 0.0240. The van der Waals surface area contributed by atoms with Crippen LogP contribution in [-0.4, -0.2) is 34.1 Å². The minimum Gasteiger partial charge on any atom is -0.507 e. The van der Waals surface area contributed by atoms with Gasteiger partial charge in [-0.25, -0.2) is 0 Å². The highest BCUT2D eigenvalue weighted by atomic mass is 16.5. The number of phenolic OH excluding ortho intramolecular Hbond substituents is 3. The van der Waals surface area contributed by atoms with Gasteiger partial charge in [0.1, 0.15) is 28.1 Å². The summed E-state index contributed by atoms with van der Waals surface area (Å²) in [4.78, 5) is 13.7. The van der Waals surface area contributed by atoms with Crippen molar-refractivity contribution in [2.45, 2.75) is 53.4 Å². The zero-order valence-electron chi connectivity index (χ0n) is 21.4. The Morgan fingerprint density at radius 2 is 1.56 bits per heavy atom. The van der Waals surface area contributed by atoms with Gasteiger partial charge in [0.2, 0.25) is 5.43 Å². The molecule has 2 aromatic carbocycles. The van der Waals surface area contributed by atoms with Crippen molar-refractivity contribution in [2.75, 3.05) is 13.7 Å². The summed E-state index contributed by atoms with van der Waals surface area (Å²) in [6.07, 6.45) is 8.10. The van der Waals surface area contributed by atoms with Crippen LogP contribution in [0.5, 0.6) is 23.0 Å². The first kappa shape index (κ1) is 26.9. The molecule has 0 radical (unpaired) electrons. The molecule has 192 valence electrons. The molecule has 1 heterocycles. The van der Waals surface area contributed by atoms with E-state index in [-0.39, 0.29) is 52.2 Å². The van der Waals surface area contributed by atoms with E-state index in [1.165, 1.54) is 18.7 Å². The van der Waals surface area contributed by atoms with Crippen LogP contribution in [0.4, 0.5) is 0 Å². The molecule has 1 aromatic heterocycles. The predicted molar refractivity (Wildman–Crippen MR) is 142 cm³/mol. The molecule has 0 amide bonds. The normalized spacial score (nSPS) is 12.4. The maximum absolute atomic E-state index is 13.7. The summed E-state index contributed by atoms with van der Waals surface area (Å²) in [6.45, 7) is 7.70. The fourth-order valence-corrected chi connectivity index (χ4v) is 4.18. The number of hydrogen-bond acceptors (Lipinski definition) is 7. The van der Waals surface area contributed by atoms with Crippen molar-refractivity contribution in [2.24, 2.45) is 0 Å². The number of methoxy groups -OCH3 is 1. The van der Waals surface area contributed by atoms with E-state index in [1.54, 1.807) is 13.0 Å². The van der Waals surface area contributed by atoms with E-state index in [1.807, 2.05) is 13.0 Å². The average Bonchev–Trinajstić information content (AvgIpc) is 2.81. The lowest BCUT2D eigenvalue weighted by atomic mass is 9.98. The standard InChI is InChI=1S/C29H34O7/c1-16(2)7-6-8-17(3)9-12-20-25-24(14-23(33)28(20)35-5)36-29-19(11-10-18(4)15-30)21(31)13-22(32)26(29)27(25)34/h7,9-10,13-14,30-33H,6,8,11-12,15H2,1-5H3. The Labute approximate surface area is 210 Å². The fraction of sp³-hybridized carbons (Fsp3) is 0.345. The van der Waals surface area contributed by atoms with Crippen molar-refractivity contribution in [1.29, 1.82) is 0 Å². The van der Waals surface area contributed by atoms with Crippen LogP contribution in [-0.2, 0) is 12.8 Å². The fourth-order valence-electron chi connectivity index (χ4n) is 4.18. The van der Waals surface area contributed by atoms with Crippen molar-refractivity contribution in [3.63, 3.8) is 0 Å². The van der Waals surface area contributed by atoms with Crippen molar-refractivity contribution in [3.05, 3.63) is 68.4 Å². The summed E-state index contributed by atoms with van der Waals surface area (Å²) in [7, 11) is 1.42. The van der Waals surface area contributed by atoms with E-state index >= 15 is 0 Å². The van der Waals surface area contributed by atoms with Crippen molar-refractivity contribution in [1.82, 2.24) is 0 Å². The molecule has 0 spiro atoms. The van der Waals surface area contributed by atoms with Crippen LogP contribution in [0.1, 0.15) is 51.7 Å². The first-order valence-electron chi connectivity index (χ1n) is 11.9. The summed E-state index contributed by atoms with van der Waals surface area (Å²) in [5.74, 6) is -0.656. The molecule has 7 heteroatoms. The molecule has 0 aliphatic heterocycles. The van der Waals surface area contributed by atoms with Gasteiger partial charge in [-0.15, -0.1) is 0 Å². The maximum atomic E-state index is 13.7. The molecular formula is C29H34O7. The average molecular weight is 495 g/mol. The Bertz CT molecular complexity index is 1430. The lowest BCUT2D eigenvalue weighted by Gasteiger charge is -2.15. The molecule has 7 nitrogen and oxygen atoms in total. The van der Waals surface area contributed by atoms with Gasteiger partial charge in [-0.05, 0) is 53.4 Å². The summed E-state index contributed by atoms with van der Waals surface area (Å²) in [5, 5.41) is 41.2. The molecule has 4 N–H and O–H groups in total. The second-order valence-electron chi connectivity index (χ2n) is 9.30. The van der Waals surface area contributed by atoms with Crippen LogP contribution in [0.25, 0.3) is 21.9 Å². The van der Waals surface area contributed by atoms with Gasteiger partial charge in [-0.1, -0.05) is 34.9 Å². The highest BCUT2D eigenvalue weighted by Gasteiger charge is 2.23. The Morgan fingerprint density at radius 1 is 0.889 bits per heavy atom. The van der Waals surface area contributed by atoms with E-state index in [0.717, 1.165) is 24.5 Å². The molecule has 0 unspecified atom stereocenters. The summed E-state index contributed by atoms with van der Waals surface area (Å²) < 4.78 is 11.5. The van der Waals surface area contributed by atoms with Gasteiger partial charge in [0.15, 0.2) is 11.5 Å². The van der Waals surface area contributed by atoms with Gasteiger partial charge in [-0.3, -0.25) is 4.79 Å². The summed E-state index contributed by atoms with van der Waals surface area (Å²) >= 11 is 0. The third-order valence-corrected chi connectivity index (χ3v) is 6.18. The van der Waals surface area contributed by atoms with Crippen molar-refractivity contribution in [3.8, 4) is 23.0 Å². The SMILES string of the molecule is COc1c(O)cc2oc3c(CC=C(C)CO)c(O)cc(O)c3c(=O)c2c1CC=C(C)CCC=C(C)C. The highest BCUT2D eigenvalue weighted by molar-refractivity contribution is 5.98. The number of aliphatic hydroxyl groups excluding tert-OH is 1. The first-order chi connectivity index (χ1) is 17.1. The highest BCUT2D eigenvalue weighted by Crippen LogP contribution is 2.40. The van der Waals surface area contributed by atoms with E-state index in [2.05, 4.69) is 19.9 Å². The van der Waals surface area contributed by atoms with Gasteiger partial charge in [0.25, 0.3) is 0 Å². The molecule has 0 fully saturated rings. The second kappa shape index (κ2) is 11.4. The van der Waals surface area contributed by atoms with E-state index in [0.29, 0.717) is 23.1 Å². The molecule has 0 aliphatic carbocycles. The third kappa shape index (κ3) is 5.57. The van der Waals surface area contributed by atoms with Gasteiger partial charge in [0, 0.05) is 23.3 Å². The maximum Gasteiger partial charge on any atom is 0.204 e. The zero-order chi connectivity index (χ0) is 26.6. The number of rotatable bonds is 9. The Balaban J connectivity index is 2.26. The van der Waals surface area contributed by atoms with Gasteiger partial charge in [0.05, 0.1) is 19.1 Å².